The summed E-state index contributed by atoms with van der Waals surface area (Å²) in [6.45, 7) is 4.61. The summed E-state index contributed by atoms with van der Waals surface area (Å²) >= 11 is 0. The number of carbonyl (C=O) groups excluding carboxylic acids is 1. The number of piperidine rings is 1. The van der Waals surface area contributed by atoms with Crippen LogP contribution in [0.1, 0.15) is 48.2 Å². The SMILES string of the molecule is COc1cccc(Cc2cccc(C3CCN(Cc4ccc(NC(C)=O)cc4)CC3)n2)c1. The first-order chi connectivity index (χ1) is 15.6. The van der Waals surface area contributed by atoms with E-state index in [0.29, 0.717) is 5.92 Å². The summed E-state index contributed by atoms with van der Waals surface area (Å²) in [6, 6.07) is 22.8. The standard InChI is InChI=1S/C27H31N3O2/c1-20(31)28-24-11-9-21(10-12-24)19-30-15-13-23(14-16-30)27-8-4-6-25(29-27)17-22-5-3-7-26(18-22)32-2/h3-12,18,23H,13-17,19H2,1-2H3,(H,28,31). The summed E-state index contributed by atoms with van der Waals surface area (Å²) in [6.07, 6.45) is 3.07. The lowest BCUT2D eigenvalue weighted by Crippen LogP contribution is -2.32. The molecule has 1 aromatic heterocycles. The number of rotatable bonds is 7. The molecule has 2 aromatic carbocycles. The molecule has 32 heavy (non-hydrogen) atoms. The molecule has 0 aliphatic carbocycles. The van der Waals surface area contributed by atoms with Crippen molar-refractivity contribution in [3.8, 4) is 5.75 Å². The fourth-order valence-electron chi connectivity index (χ4n) is 4.36. The van der Waals surface area contributed by atoms with Gasteiger partial charge in [0.05, 0.1) is 7.11 Å². The van der Waals surface area contributed by atoms with Crippen LogP contribution >= 0.6 is 0 Å². The number of amides is 1. The summed E-state index contributed by atoms with van der Waals surface area (Å²) in [5.41, 5.74) is 5.66. The third-order valence-electron chi connectivity index (χ3n) is 6.03. The first-order valence-corrected chi connectivity index (χ1v) is 11.3. The summed E-state index contributed by atoms with van der Waals surface area (Å²) in [7, 11) is 1.70. The molecule has 2 heterocycles. The Morgan fingerprint density at radius 2 is 1.78 bits per heavy atom. The average molecular weight is 430 g/mol. The van der Waals surface area contributed by atoms with Crippen molar-refractivity contribution in [3.05, 3.63) is 89.2 Å². The molecule has 1 amide bonds. The lowest BCUT2D eigenvalue weighted by Gasteiger charge is -2.32. The normalized spacial score (nSPS) is 14.8. The Bertz CT molecular complexity index is 1040. The maximum atomic E-state index is 11.2. The number of carbonyl (C=O) groups is 1. The van der Waals surface area contributed by atoms with E-state index < -0.39 is 0 Å². The van der Waals surface area contributed by atoms with Gasteiger partial charge in [0.1, 0.15) is 5.75 Å². The molecule has 1 aliphatic heterocycles. The molecule has 0 spiro atoms. The molecule has 0 bridgehead atoms. The highest BCUT2D eigenvalue weighted by atomic mass is 16.5. The molecule has 1 fully saturated rings. The molecule has 1 N–H and O–H groups in total. The van der Waals surface area contributed by atoms with Crippen LogP contribution in [0.25, 0.3) is 0 Å². The minimum atomic E-state index is -0.0407. The van der Waals surface area contributed by atoms with E-state index >= 15 is 0 Å². The van der Waals surface area contributed by atoms with E-state index in [1.807, 2.05) is 24.3 Å². The van der Waals surface area contributed by atoms with Gasteiger partial charge in [-0.3, -0.25) is 14.7 Å². The third-order valence-corrected chi connectivity index (χ3v) is 6.03. The van der Waals surface area contributed by atoms with Crippen LogP contribution in [0.3, 0.4) is 0 Å². The Labute approximate surface area is 190 Å². The van der Waals surface area contributed by atoms with Gasteiger partial charge < -0.3 is 10.1 Å². The smallest absolute Gasteiger partial charge is 0.221 e. The highest BCUT2D eigenvalue weighted by molar-refractivity contribution is 5.88. The van der Waals surface area contributed by atoms with E-state index in [-0.39, 0.29) is 5.91 Å². The van der Waals surface area contributed by atoms with Gasteiger partial charge in [-0.1, -0.05) is 30.3 Å². The third kappa shape index (κ3) is 5.95. The molecule has 0 atom stereocenters. The van der Waals surface area contributed by atoms with E-state index in [4.69, 9.17) is 9.72 Å². The molecule has 0 unspecified atom stereocenters. The van der Waals surface area contributed by atoms with Crippen LogP contribution in [0, 0.1) is 0 Å². The number of aromatic nitrogens is 1. The molecule has 3 aromatic rings. The maximum absolute atomic E-state index is 11.2. The zero-order valence-corrected chi connectivity index (χ0v) is 18.9. The fourth-order valence-corrected chi connectivity index (χ4v) is 4.36. The van der Waals surface area contributed by atoms with Crippen molar-refractivity contribution in [1.29, 1.82) is 0 Å². The van der Waals surface area contributed by atoms with Crippen LogP contribution in [0.2, 0.25) is 0 Å². The van der Waals surface area contributed by atoms with E-state index in [1.165, 1.54) is 23.7 Å². The summed E-state index contributed by atoms with van der Waals surface area (Å²) in [5, 5.41) is 2.82. The molecule has 0 saturated carbocycles. The monoisotopic (exact) mass is 429 g/mol. The zero-order chi connectivity index (χ0) is 22.3. The van der Waals surface area contributed by atoms with Gasteiger partial charge in [-0.2, -0.15) is 0 Å². The van der Waals surface area contributed by atoms with Crippen molar-refractivity contribution in [2.45, 2.75) is 38.6 Å². The molecule has 4 rings (SSSR count). The molecule has 5 heteroatoms. The molecule has 1 saturated heterocycles. The molecule has 0 radical (unpaired) electrons. The van der Waals surface area contributed by atoms with Crippen molar-refractivity contribution in [3.63, 3.8) is 0 Å². The van der Waals surface area contributed by atoms with E-state index in [2.05, 4.69) is 52.7 Å². The number of hydrogen-bond acceptors (Lipinski definition) is 4. The minimum absolute atomic E-state index is 0.0407. The predicted molar refractivity (Wildman–Crippen MR) is 128 cm³/mol. The zero-order valence-electron chi connectivity index (χ0n) is 18.9. The molecule has 5 nitrogen and oxygen atoms in total. The van der Waals surface area contributed by atoms with Gasteiger partial charge in [-0.05, 0) is 73.5 Å². The highest BCUT2D eigenvalue weighted by Crippen LogP contribution is 2.28. The van der Waals surface area contributed by atoms with Crippen LogP contribution in [-0.2, 0) is 17.8 Å². The Hall–Kier alpha value is -3.18. The van der Waals surface area contributed by atoms with Crippen molar-refractivity contribution in [1.82, 2.24) is 9.88 Å². The highest BCUT2D eigenvalue weighted by Gasteiger charge is 2.22. The second kappa shape index (κ2) is 10.4. The number of hydrogen-bond donors (Lipinski definition) is 1. The summed E-state index contributed by atoms with van der Waals surface area (Å²) < 4.78 is 5.34. The van der Waals surface area contributed by atoms with Crippen LogP contribution in [-0.4, -0.2) is 36.0 Å². The summed E-state index contributed by atoms with van der Waals surface area (Å²) in [4.78, 5) is 18.7. The van der Waals surface area contributed by atoms with Gasteiger partial charge in [0.2, 0.25) is 5.91 Å². The largest absolute Gasteiger partial charge is 0.497 e. The van der Waals surface area contributed by atoms with E-state index in [0.717, 1.165) is 56.0 Å². The molecular formula is C27H31N3O2. The predicted octanol–water partition coefficient (Wildman–Crippen LogP) is 5.02. The van der Waals surface area contributed by atoms with Crippen molar-refractivity contribution < 1.29 is 9.53 Å². The lowest BCUT2D eigenvalue weighted by molar-refractivity contribution is -0.114. The fraction of sp³-hybridized carbons (Fsp3) is 0.333. The van der Waals surface area contributed by atoms with Gasteiger partial charge in [0, 0.05) is 42.9 Å². The molecular weight excluding hydrogens is 398 g/mol. The Morgan fingerprint density at radius 3 is 2.50 bits per heavy atom. The number of benzene rings is 2. The van der Waals surface area contributed by atoms with Crippen molar-refractivity contribution in [2.75, 3.05) is 25.5 Å². The number of ether oxygens (including phenoxy) is 1. The topological polar surface area (TPSA) is 54.5 Å². The Morgan fingerprint density at radius 1 is 1.03 bits per heavy atom. The summed E-state index contributed by atoms with van der Waals surface area (Å²) in [5.74, 6) is 1.36. The van der Waals surface area contributed by atoms with Crippen LogP contribution in [0.15, 0.2) is 66.7 Å². The number of methoxy groups -OCH3 is 1. The average Bonchev–Trinajstić information content (AvgIpc) is 2.81. The van der Waals surface area contributed by atoms with E-state index in [9.17, 15) is 4.79 Å². The first kappa shape index (κ1) is 22.0. The first-order valence-electron chi connectivity index (χ1n) is 11.3. The molecule has 1 aliphatic rings. The van der Waals surface area contributed by atoms with Gasteiger partial charge in [0.25, 0.3) is 0 Å². The van der Waals surface area contributed by atoms with Crippen LogP contribution < -0.4 is 10.1 Å². The molecule has 166 valence electrons. The number of pyridine rings is 1. The Kier molecular flexibility index (Phi) is 7.17. The van der Waals surface area contributed by atoms with Crippen molar-refractivity contribution >= 4 is 11.6 Å². The maximum Gasteiger partial charge on any atom is 0.221 e. The lowest BCUT2D eigenvalue weighted by atomic mass is 9.92. The number of anilines is 1. The second-order valence-corrected chi connectivity index (χ2v) is 8.51. The Balaban J connectivity index is 1.32. The van der Waals surface area contributed by atoms with Crippen LogP contribution in [0.4, 0.5) is 5.69 Å². The van der Waals surface area contributed by atoms with Crippen molar-refractivity contribution in [2.24, 2.45) is 0 Å². The number of nitrogens with one attached hydrogen (secondary N) is 1. The van der Waals surface area contributed by atoms with Gasteiger partial charge in [-0.15, -0.1) is 0 Å². The van der Waals surface area contributed by atoms with Crippen LogP contribution in [0.5, 0.6) is 5.75 Å². The second-order valence-electron chi connectivity index (χ2n) is 8.51. The van der Waals surface area contributed by atoms with Gasteiger partial charge in [-0.25, -0.2) is 0 Å². The van der Waals surface area contributed by atoms with Gasteiger partial charge in [0.15, 0.2) is 0 Å². The van der Waals surface area contributed by atoms with Gasteiger partial charge >= 0.3 is 0 Å². The quantitative estimate of drug-likeness (QED) is 0.573. The number of nitrogens with zero attached hydrogens (tertiary/aromatic N) is 2. The minimum Gasteiger partial charge on any atom is -0.497 e. The number of likely N-dealkylation sites (tertiary alicyclic amines) is 1. The van der Waals surface area contributed by atoms with E-state index in [1.54, 1.807) is 7.11 Å².